The van der Waals surface area contributed by atoms with Crippen molar-refractivity contribution in [1.29, 1.82) is 0 Å². The van der Waals surface area contributed by atoms with Gasteiger partial charge in [0.1, 0.15) is 12.4 Å². The van der Waals surface area contributed by atoms with Crippen LogP contribution in [0.4, 0.5) is 10.1 Å². The van der Waals surface area contributed by atoms with Gasteiger partial charge in [0.25, 0.3) is 0 Å². The maximum absolute atomic E-state index is 13.1. The molecule has 2 aromatic carbocycles. The smallest absolute Gasteiger partial charge is 0.408 e. The Labute approximate surface area is 167 Å². The minimum atomic E-state index is -0.529. The molecule has 1 aromatic heterocycles. The Bertz CT molecular complexity index is 1040. The fraction of sp³-hybridized carbons (Fsp3) is 0.333. The van der Waals surface area contributed by atoms with E-state index >= 15 is 0 Å². The average Bonchev–Trinajstić information content (AvgIpc) is 3.04. The van der Waals surface area contributed by atoms with E-state index in [1.807, 2.05) is 0 Å². The first-order chi connectivity index (χ1) is 14.1. The lowest BCUT2D eigenvalue weighted by molar-refractivity contribution is -0.121. The molecule has 0 bridgehead atoms. The number of benzene rings is 2. The first-order valence-electron chi connectivity index (χ1n) is 9.68. The Kier molecular flexibility index (Phi) is 5.62. The van der Waals surface area contributed by atoms with Crippen molar-refractivity contribution in [2.24, 2.45) is 0 Å². The number of hydrogen-bond donors (Lipinski definition) is 1. The highest BCUT2D eigenvalue weighted by Crippen LogP contribution is 2.16. The lowest BCUT2D eigenvalue weighted by Gasteiger charge is -2.36. The van der Waals surface area contributed by atoms with E-state index in [0.717, 1.165) is 38.4 Å². The van der Waals surface area contributed by atoms with E-state index in [2.05, 4.69) is 15.1 Å². The lowest BCUT2D eigenvalue weighted by atomic mass is 10.2. The van der Waals surface area contributed by atoms with Crippen LogP contribution in [0, 0.1) is 5.82 Å². The second-order valence-electron chi connectivity index (χ2n) is 7.08. The summed E-state index contributed by atoms with van der Waals surface area (Å²) in [6, 6.07) is 13.6. The van der Waals surface area contributed by atoms with Gasteiger partial charge in [-0.05, 0) is 36.4 Å². The molecular formula is C21H23FN4O3. The minimum absolute atomic E-state index is 0.0613. The van der Waals surface area contributed by atoms with Crippen LogP contribution in [0.2, 0.25) is 0 Å². The zero-order valence-electron chi connectivity index (χ0n) is 16.0. The number of aromatic nitrogens is 1. The summed E-state index contributed by atoms with van der Waals surface area (Å²) in [5.41, 5.74) is 2.12. The number of hydrogen-bond acceptors (Lipinski definition) is 5. The molecule has 0 spiro atoms. The highest BCUT2D eigenvalue weighted by atomic mass is 19.1. The van der Waals surface area contributed by atoms with Crippen LogP contribution in [-0.4, -0.2) is 54.6 Å². The van der Waals surface area contributed by atoms with Gasteiger partial charge in [-0.25, -0.2) is 9.18 Å². The second kappa shape index (κ2) is 8.48. The van der Waals surface area contributed by atoms with Crippen LogP contribution in [0.15, 0.2) is 57.7 Å². The maximum atomic E-state index is 13.1. The largest absolute Gasteiger partial charge is 0.420 e. The second-order valence-corrected chi connectivity index (χ2v) is 7.08. The van der Waals surface area contributed by atoms with Gasteiger partial charge >= 0.3 is 5.76 Å². The van der Waals surface area contributed by atoms with Crippen LogP contribution in [0.1, 0.15) is 0 Å². The van der Waals surface area contributed by atoms with Crippen LogP contribution in [-0.2, 0) is 11.3 Å². The van der Waals surface area contributed by atoms with Gasteiger partial charge in [0.2, 0.25) is 5.91 Å². The Morgan fingerprint density at radius 3 is 2.52 bits per heavy atom. The summed E-state index contributed by atoms with van der Waals surface area (Å²) in [7, 11) is 0. The summed E-state index contributed by atoms with van der Waals surface area (Å²) in [4.78, 5) is 28.7. The van der Waals surface area contributed by atoms with Crippen LogP contribution in [0.25, 0.3) is 11.1 Å². The maximum Gasteiger partial charge on any atom is 0.420 e. The third-order valence-electron chi connectivity index (χ3n) is 5.19. The summed E-state index contributed by atoms with van der Waals surface area (Å²) in [5, 5.41) is 2.87. The predicted octanol–water partition coefficient (Wildman–Crippen LogP) is 1.67. The average molecular weight is 398 g/mol. The van der Waals surface area contributed by atoms with Crippen molar-refractivity contribution >= 4 is 22.7 Å². The third-order valence-corrected chi connectivity index (χ3v) is 5.19. The van der Waals surface area contributed by atoms with Crippen molar-refractivity contribution in [3.63, 3.8) is 0 Å². The molecule has 1 N–H and O–H groups in total. The summed E-state index contributed by atoms with van der Waals surface area (Å²) >= 11 is 0. The van der Waals surface area contributed by atoms with Crippen molar-refractivity contribution in [2.75, 3.05) is 44.2 Å². The van der Waals surface area contributed by atoms with E-state index in [1.165, 1.54) is 16.7 Å². The molecule has 4 rings (SSSR count). The number of carbonyl (C=O) groups excluding carboxylic acids is 1. The number of nitrogens with zero attached hydrogens (tertiary/aromatic N) is 3. The molecule has 0 aliphatic carbocycles. The fourth-order valence-electron chi connectivity index (χ4n) is 3.60. The number of carbonyl (C=O) groups is 1. The standard InChI is InChI=1S/C21H23FN4O3/c22-16-5-7-17(8-6-16)25-13-11-24(12-14-25)10-9-23-20(27)15-26-18-3-1-2-4-19(18)29-21(26)28/h1-8H,9-15H2,(H,23,27). The van der Waals surface area contributed by atoms with E-state index in [-0.39, 0.29) is 18.3 Å². The number of para-hydroxylation sites is 2. The molecule has 1 fully saturated rings. The van der Waals surface area contributed by atoms with Gasteiger partial charge in [-0.15, -0.1) is 0 Å². The first kappa shape index (κ1) is 19.2. The molecular weight excluding hydrogens is 375 g/mol. The minimum Gasteiger partial charge on any atom is -0.408 e. The zero-order valence-corrected chi connectivity index (χ0v) is 16.0. The number of nitrogens with one attached hydrogen (secondary N) is 1. The molecule has 0 radical (unpaired) electrons. The van der Waals surface area contributed by atoms with Crippen molar-refractivity contribution in [2.45, 2.75) is 6.54 Å². The number of fused-ring (bicyclic) bond motifs is 1. The molecule has 0 saturated carbocycles. The first-order valence-corrected chi connectivity index (χ1v) is 9.68. The molecule has 152 valence electrons. The van der Waals surface area contributed by atoms with Crippen molar-refractivity contribution < 1.29 is 13.6 Å². The Morgan fingerprint density at radius 2 is 1.76 bits per heavy atom. The molecule has 1 aliphatic heterocycles. The highest BCUT2D eigenvalue weighted by molar-refractivity contribution is 5.79. The monoisotopic (exact) mass is 398 g/mol. The summed E-state index contributed by atoms with van der Waals surface area (Å²) < 4.78 is 19.5. The molecule has 8 heteroatoms. The van der Waals surface area contributed by atoms with Crippen LogP contribution in [0.3, 0.4) is 0 Å². The number of amides is 1. The number of anilines is 1. The van der Waals surface area contributed by atoms with Crippen LogP contribution < -0.4 is 16.0 Å². The Balaban J connectivity index is 1.22. The van der Waals surface area contributed by atoms with Gasteiger partial charge in [0.05, 0.1) is 5.52 Å². The third kappa shape index (κ3) is 4.48. The topological polar surface area (TPSA) is 70.7 Å². The molecule has 0 atom stereocenters. The SMILES string of the molecule is O=C(Cn1c(=O)oc2ccccc21)NCCN1CCN(c2ccc(F)cc2)CC1. The zero-order chi connectivity index (χ0) is 20.2. The van der Waals surface area contributed by atoms with Gasteiger partial charge in [-0.1, -0.05) is 12.1 Å². The van der Waals surface area contributed by atoms with E-state index in [1.54, 1.807) is 36.4 Å². The van der Waals surface area contributed by atoms with Crippen LogP contribution in [0.5, 0.6) is 0 Å². The van der Waals surface area contributed by atoms with Gasteiger partial charge in [-0.3, -0.25) is 14.3 Å². The number of rotatable bonds is 6. The van der Waals surface area contributed by atoms with Gasteiger partial charge in [0, 0.05) is 45.0 Å². The summed E-state index contributed by atoms with van der Waals surface area (Å²) in [6.45, 7) is 4.66. The van der Waals surface area contributed by atoms with Gasteiger partial charge in [-0.2, -0.15) is 0 Å². The number of halogens is 1. The van der Waals surface area contributed by atoms with Crippen molar-refractivity contribution in [3.05, 3.63) is 64.9 Å². The van der Waals surface area contributed by atoms with Gasteiger partial charge in [0.15, 0.2) is 5.58 Å². The van der Waals surface area contributed by atoms with Crippen LogP contribution >= 0.6 is 0 Å². The quantitative estimate of drug-likeness (QED) is 0.684. The van der Waals surface area contributed by atoms with Crippen molar-refractivity contribution in [1.82, 2.24) is 14.8 Å². The summed E-state index contributed by atoms with van der Waals surface area (Å²) in [6.07, 6.45) is 0. The van der Waals surface area contributed by atoms with E-state index < -0.39 is 5.76 Å². The fourth-order valence-corrected chi connectivity index (χ4v) is 3.60. The van der Waals surface area contributed by atoms with E-state index in [9.17, 15) is 14.0 Å². The highest BCUT2D eigenvalue weighted by Gasteiger charge is 2.17. The molecule has 7 nitrogen and oxygen atoms in total. The normalized spacial score (nSPS) is 15.0. The molecule has 0 unspecified atom stereocenters. The van der Waals surface area contributed by atoms with Gasteiger partial charge < -0.3 is 14.6 Å². The van der Waals surface area contributed by atoms with E-state index in [0.29, 0.717) is 17.6 Å². The van der Waals surface area contributed by atoms with E-state index in [4.69, 9.17) is 4.42 Å². The number of oxazole rings is 1. The molecule has 1 aliphatic rings. The molecule has 3 aromatic rings. The Morgan fingerprint density at radius 1 is 1.03 bits per heavy atom. The molecule has 1 amide bonds. The lowest BCUT2D eigenvalue weighted by Crippen LogP contribution is -2.48. The molecule has 2 heterocycles. The predicted molar refractivity (Wildman–Crippen MR) is 109 cm³/mol. The van der Waals surface area contributed by atoms with Crippen molar-refractivity contribution in [3.8, 4) is 0 Å². The molecule has 1 saturated heterocycles. The number of piperazine rings is 1. The Hall–Kier alpha value is -3.13. The summed E-state index contributed by atoms with van der Waals surface area (Å²) in [5.74, 6) is -0.976. The molecule has 29 heavy (non-hydrogen) atoms.